The molecule has 3 aliphatic heterocycles. The Morgan fingerprint density at radius 1 is 1.06 bits per heavy atom. The number of nitrogens with zero attached hydrogens (tertiary/aromatic N) is 6. The van der Waals surface area contributed by atoms with Crippen molar-refractivity contribution in [2.75, 3.05) is 36.0 Å². The molecular formula is C27H30BN7. The van der Waals surface area contributed by atoms with Gasteiger partial charge in [-0.1, -0.05) is 12.1 Å². The summed E-state index contributed by atoms with van der Waals surface area (Å²) in [6.45, 7) is 9.02. The van der Waals surface area contributed by atoms with Gasteiger partial charge in [-0.05, 0) is 62.1 Å². The molecule has 176 valence electrons. The number of rotatable bonds is 2. The second kappa shape index (κ2) is 8.22. The summed E-state index contributed by atoms with van der Waals surface area (Å²) in [7, 11) is 5.94. The molecule has 2 radical (unpaired) electrons. The molecule has 1 aromatic carbocycles. The molecule has 3 aliphatic rings. The zero-order chi connectivity index (χ0) is 24.3. The zero-order valence-electron chi connectivity index (χ0n) is 20.4. The highest BCUT2D eigenvalue weighted by molar-refractivity contribution is 6.31. The summed E-state index contributed by atoms with van der Waals surface area (Å²) in [5, 5.41) is 10.6. The first-order valence-electron chi connectivity index (χ1n) is 12.5. The van der Waals surface area contributed by atoms with Crippen molar-refractivity contribution in [2.24, 2.45) is 5.73 Å². The minimum absolute atomic E-state index is 0.0659. The van der Waals surface area contributed by atoms with Crippen LogP contribution in [0, 0.1) is 11.3 Å². The van der Waals surface area contributed by atoms with Crippen molar-refractivity contribution in [1.82, 2.24) is 14.9 Å². The Balaban J connectivity index is 1.30. The molecule has 8 heteroatoms. The summed E-state index contributed by atoms with van der Waals surface area (Å²) in [5.41, 5.74) is 11.6. The fourth-order valence-electron chi connectivity index (χ4n) is 5.97. The lowest BCUT2D eigenvalue weighted by molar-refractivity contribution is 0.133. The molecular weight excluding hydrogens is 433 g/mol. The van der Waals surface area contributed by atoms with Gasteiger partial charge in [0.15, 0.2) is 0 Å². The van der Waals surface area contributed by atoms with Crippen LogP contribution in [0.5, 0.6) is 0 Å². The molecule has 0 aliphatic carbocycles. The smallest absolute Gasteiger partial charge is 0.141 e. The van der Waals surface area contributed by atoms with Crippen molar-refractivity contribution in [3.05, 3.63) is 53.2 Å². The van der Waals surface area contributed by atoms with Crippen LogP contribution in [0.1, 0.15) is 49.6 Å². The van der Waals surface area contributed by atoms with Crippen molar-refractivity contribution in [1.29, 1.82) is 5.26 Å². The number of anilines is 2. The topological polar surface area (TPSA) is 85.3 Å². The number of piperazine rings is 1. The average Bonchev–Trinajstić information content (AvgIpc) is 3.21. The highest BCUT2D eigenvalue weighted by Crippen LogP contribution is 2.41. The van der Waals surface area contributed by atoms with Crippen molar-refractivity contribution >= 4 is 35.8 Å². The Bertz CT molecular complexity index is 1340. The summed E-state index contributed by atoms with van der Waals surface area (Å²) < 4.78 is 0. The Morgan fingerprint density at radius 3 is 2.63 bits per heavy atom. The molecule has 7 nitrogen and oxygen atoms in total. The van der Waals surface area contributed by atoms with Crippen LogP contribution in [-0.2, 0) is 6.54 Å². The van der Waals surface area contributed by atoms with E-state index in [0.717, 1.165) is 62.5 Å². The van der Waals surface area contributed by atoms with E-state index in [-0.39, 0.29) is 11.6 Å². The maximum absolute atomic E-state index is 9.58. The normalized spacial score (nSPS) is 23.7. The van der Waals surface area contributed by atoms with E-state index in [0.29, 0.717) is 22.7 Å². The molecule has 6 rings (SSSR count). The number of hydrogen-bond acceptors (Lipinski definition) is 7. The molecule has 2 N–H and O–H groups in total. The summed E-state index contributed by atoms with van der Waals surface area (Å²) >= 11 is 0. The standard InChI is InChI=1S/C27H30BN7/c1-17-14-34(22-6-3-18(13-29)26-20(22)4-7-24(28)32-26)16-23-19-5-8-25(31-21(19)15-35(17)23)33-11-9-27(2,30)10-12-33/h3-8,17,23H,9-12,14-16,30H2,1-2H3/t17-,23-/m1/s1. The van der Waals surface area contributed by atoms with E-state index in [2.05, 4.69) is 57.8 Å². The van der Waals surface area contributed by atoms with Crippen molar-refractivity contribution < 1.29 is 0 Å². The van der Waals surface area contributed by atoms with Gasteiger partial charge in [-0.25, -0.2) is 4.98 Å². The van der Waals surface area contributed by atoms with E-state index >= 15 is 0 Å². The third-order valence-electron chi connectivity index (χ3n) is 8.08. The van der Waals surface area contributed by atoms with Crippen molar-refractivity contribution in [3.8, 4) is 6.07 Å². The number of piperidine rings is 1. The summed E-state index contributed by atoms with van der Waals surface area (Å²) in [6, 6.07) is 15.1. The molecule has 0 saturated carbocycles. The molecule has 0 amide bonds. The Kier molecular flexibility index (Phi) is 5.24. The van der Waals surface area contributed by atoms with Crippen LogP contribution in [0.15, 0.2) is 36.4 Å². The van der Waals surface area contributed by atoms with Crippen molar-refractivity contribution in [3.63, 3.8) is 0 Å². The highest BCUT2D eigenvalue weighted by Gasteiger charge is 2.40. The van der Waals surface area contributed by atoms with Gasteiger partial charge in [0.1, 0.15) is 19.7 Å². The molecule has 2 fully saturated rings. The Morgan fingerprint density at radius 2 is 1.86 bits per heavy atom. The number of nitrogens with two attached hydrogens (primary N) is 1. The first kappa shape index (κ1) is 22.3. The average molecular weight is 463 g/mol. The molecule has 0 bridgehead atoms. The van der Waals surface area contributed by atoms with E-state index in [4.69, 9.17) is 18.6 Å². The highest BCUT2D eigenvalue weighted by atomic mass is 15.3. The Labute approximate surface area is 207 Å². The SMILES string of the molecule is [B]c1ccc2c(N3C[C@@H](C)N4Cc5nc(N6CCC(C)(N)CC6)ccc5[C@H]4C3)ccc(C#N)c2n1. The van der Waals surface area contributed by atoms with E-state index in [1.165, 1.54) is 11.3 Å². The zero-order valence-corrected chi connectivity index (χ0v) is 20.4. The summed E-state index contributed by atoms with van der Waals surface area (Å²) in [4.78, 5) is 17.0. The van der Waals surface area contributed by atoms with E-state index < -0.39 is 0 Å². The molecule has 35 heavy (non-hydrogen) atoms. The monoisotopic (exact) mass is 463 g/mol. The van der Waals surface area contributed by atoms with Gasteiger partial charge in [0.2, 0.25) is 0 Å². The summed E-state index contributed by atoms with van der Waals surface area (Å²) in [6.07, 6.45) is 1.98. The third-order valence-corrected chi connectivity index (χ3v) is 8.08. The molecule has 2 aromatic heterocycles. The van der Waals surface area contributed by atoms with Gasteiger partial charge in [0.25, 0.3) is 0 Å². The van der Waals surface area contributed by atoms with Gasteiger partial charge < -0.3 is 15.5 Å². The lowest BCUT2D eigenvalue weighted by Crippen LogP contribution is -2.51. The number of aromatic nitrogens is 2. The minimum atomic E-state index is -0.0659. The molecule has 0 unspecified atom stereocenters. The van der Waals surface area contributed by atoms with Crippen LogP contribution < -0.4 is 21.1 Å². The fourth-order valence-corrected chi connectivity index (χ4v) is 5.97. The van der Waals surface area contributed by atoms with Gasteiger partial charge in [-0.3, -0.25) is 9.88 Å². The molecule has 2 saturated heterocycles. The number of fused-ring (bicyclic) bond motifs is 4. The van der Waals surface area contributed by atoms with Crippen LogP contribution in [0.25, 0.3) is 10.9 Å². The van der Waals surface area contributed by atoms with Crippen LogP contribution in [0.3, 0.4) is 0 Å². The lowest BCUT2D eigenvalue weighted by Gasteiger charge is -2.43. The van der Waals surface area contributed by atoms with Gasteiger partial charge in [0.05, 0.1) is 22.8 Å². The second-order valence-electron chi connectivity index (χ2n) is 10.7. The second-order valence-corrected chi connectivity index (χ2v) is 10.7. The predicted molar refractivity (Wildman–Crippen MR) is 140 cm³/mol. The van der Waals surface area contributed by atoms with Gasteiger partial charge >= 0.3 is 0 Å². The van der Waals surface area contributed by atoms with Crippen LogP contribution in [0.4, 0.5) is 11.5 Å². The van der Waals surface area contributed by atoms with Crippen LogP contribution >= 0.6 is 0 Å². The van der Waals surface area contributed by atoms with Crippen molar-refractivity contribution in [2.45, 2.75) is 50.9 Å². The fraction of sp³-hybridized carbons (Fsp3) is 0.444. The maximum atomic E-state index is 9.58. The molecule has 2 atom stereocenters. The summed E-state index contributed by atoms with van der Waals surface area (Å²) in [5.74, 6) is 1.07. The first-order chi connectivity index (χ1) is 16.8. The van der Waals surface area contributed by atoms with Crippen LogP contribution in [0.2, 0.25) is 0 Å². The van der Waals surface area contributed by atoms with E-state index in [1.807, 2.05) is 18.2 Å². The quantitative estimate of drug-likeness (QED) is 0.584. The minimum Gasteiger partial charge on any atom is -0.368 e. The molecule has 5 heterocycles. The van der Waals surface area contributed by atoms with E-state index in [1.54, 1.807) is 0 Å². The van der Waals surface area contributed by atoms with Gasteiger partial charge in [-0.15, -0.1) is 0 Å². The van der Waals surface area contributed by atoms with Crippen LogP contribution in [-0.4, -0.2) is 60.5 Å². The number of nitriles is 1. The van der Waals surface area contributed by atoms with Gasteiger partial charge in [-0.2, -0.15) is 5.26 Å². The number of hydrogen-bond donors (Lipinski definition) is 1. The third kappa shape index (κ3) is 3.83. The maximum Gasteiger partial charge on any atom is 0.141 e. The molecule has 0 spiro atoms. The number of pyridine rings is 2. The molecule has 3 aromatic rings. The first-order valence-corrected chi connectivity index (χ1v) is 12.5. The largest absolute Gasteiger partial charge is 0.368 e. The Hall–Kier alpha value is -3.15. The predicted octanol–water partition coefficient (Wildman–Crippen LogP) is 2.38. The lowest BCUT2D eigenvalue weighted by atomic mass is 9.91. The number of benzene rings is 1. The van der Waals surface area contributed by atoms with E-state index in [9.17, 15) is 5.26 Å². The van der Waals surface area contributed by atoms with Gasteiger partial charge in [0, 0.05) is 55.4 Å².